The van der Waals surface area contributed by atoms with E-state index in [4.69, 9.17) is 14.2 Å². The van der Waals surface area contributed by atoms with Gasteiger partial charge >= 0.3 is 0 Å². The number of hydrogen-bond acceptors (Lipinski definition) is 6. The van der Waals surface area contributed by atoms with Crippen molar-refractivity contribution in [3.63, 3.8) is 0 Å². The van der Waals surface area contributed by atoms with Crippen molar-refractivity contribution in [2.24, 2.45) is 0 Å². The molecule has 7 nitrogen and oxygen atoms in total. The van der Waals surface area contributed by atoms with E-state index in [1.807, 2.05) is 17.7 Å². The number of carbonyl (C=O) groups is 1. The van der Waals surface area contributed by atoms with Crippen molar-refractivity contribution >= 4 is 33.1 Å². The Morgan fingerprint density at radius 3 is 2.31 bits per heavy atom. The van der Waals surface area contributed by atoms with Crippen LogP contribution in [0.2, 0.25) is 0 Å². The molecule has 0 atom stereocenters. The number of methoxy groups -OCH3 is 3. The van der Waals surface area contributed by atoms with Crippen LogP contribution in [0, 0.1) is 12.7 Å². The Morgan fingerprint density at radius 2 is 1.72 bits per heavy atom. The summed E-state index contributed by atoms with van der Waals surface area (Å²) in [6.45, 7) is 2.39. The van der Waals surface area contributed by atoms with Crippen molar-refractivity contribution in [2.45, 2.75) is 13.5 Å². The van der Waals surface area contributed by atoms with Crippen molar-refractivity contribution in [3.05, 3.63) is 64.4 Å². The molecule has 9 heteroatoms. The van der Waals surface area contributed by atoms with E-state index in [0.29, 0.717) is 34.4 Å². The number of aromatic nitrogens is 2. The molecule has 0 unspecified atom stereocenters. The molecule has 32 heavy (non-hydrogen) atoms. The smallest absolute Gasteiger partial charge is 0.265 e. The van der Waals surface area contributed by atoms with E-state index in [1.165, 1.54) is 44.8 Å². The third-order valence-corrected chi connectivity index (χ3v) is 6.15. The maximum atomic E-state index is 13.2. The van der Waals surface area contributed by atoms with E-state index in [-0.39, 0.29) is 11.7 Å². The lowest BCUT2D eigenvalue weighted by atomic mass is 10.2. The highest BCUT2D eigenvalue weighted by molar-refractivity contribution is 7.20. The summed E-state index contributed by atoms with van der Waals surface area (Å²) in [5.74, 6) is 0.811. The van der Waals surface area contributed by atoms with Crippen molar-refractivity contribution in [1.29, 1.82) is 0 Å². The van der Waals surface area contributed by atoms with Crippen LogP contribution >= 0.6 is 11.3 Å². The number of halogens is 1. The zero-order valence-electron chi connectivity index (χ0n) is 18.1. The summed E-state index contributed by atoms with van der Waals surface area (Å²) >= 11 is 1.35. The first-order valence-corrected chi connectivity index (χ1v) is 10.6. The zero-order chi connectivity index (χ0) is 22.8. The summed E-state index contributed by atoms with van der Waals surface area (Å²) in [5, 5.41) is 8.37. The normalized spacial score (nSPS) is 10.9. The molecule has 2 heterocycles. The molecule has 0 saturated carbocycles. The molecule has 0 saturated heterocycles. The molecule has 0 bridgehead atoms. The Morgan fingerprint density at radius 1 is 1.06 bits per heavy atom. The molecule has 166 valence electrons. The van der Waals surface area contributed by atoms with Gasteiger partial charge in [-0.15, -0.1) is 11.3 Å². The number of rotatable bonds is 7. The van der Waals surface area contributed by atoms with Crippen LogP contribution < -0.4 is 19.5 Å². The Hall–Kier alpha value is -3.59. The number of fused-ring (bicyclic) bond motifs is 1. The number of aryl methyl sites for hydroxylation is 1. The van der Waals surface area contributed by atoms with E-state index in [0.717, 1.165) is 21.5 Å². The SMILES string of the molecule is COc1cc(NC(=O)c2cc3c(C)nn(Cc4ccc(F)cc4)c3s2)cc(OC)c1OC. The maximum absolute atomic E-state index is 13.2. The predicted octanol–water partition coefficient (Wildman–Crippen LogP) is 4.87. The number of thiophene rings is 1. The fourth-order valence-electron chi connectivity index (χ4n) is 3.44. The van der Waals surface area contributed by atoms with Gasteiger partial charge in [-0.1, -0.05) is 12.1 Å². The van der Waals surface area contributed by atoms with Gasteiger partial charge in [-0.05, 0) is 30.7 Å². The van der Waals surface area contributed by atoms with E-state index in [9.17, 15) is 9.18 Å². The number of hydrogen-bond donors (Lipinski definition) is 1. The standard InChI is InChI=1S/C23H22FN3O4S/c1-13-17-11-20(32-23(17)27(26-13)12-14-5-7-15(24)8-6-14)22(28)25-16-9-18(29-2)21(31-4)19(10-16)30-3/h5-11H,12H2,1-4H3,(H,25,28). The zero-order valence-corrected chi connectivity index (χ0v) is 18.9. The number of nitrogens with one attached hydrogen (secondary N) is 1. The van der Waals surface area contributed by atoms with Crippen molar-refractivity contribution in [1.82, 2.24) is 9.78 Å². The molecule has 0 spiro atoms. The van der Waals surface area contributed by atoms with Gasteiger partial charge in [0.2, 0.25) is 5.75 Å². The van der Waals surface area contributed by atoms with Crippen molar-refractivity contribution in [2.75, 3.05) is 26.6 Å². The van der Waals surface area contributed by atoms with Gasteiger partial charge in [0.05, 0.1) is 38.4 Å². The minimum Gasteiger partial charge on any atom is -0.493 e. The molecular formula is C23H22FN3O4S. The number of carbonyl (C=O) groups excluding carboxylic acids is 1. The van der Waals surface area contributed by atoms with Gasteiger partial charge in [-0.2, -0.15) is 5.10 Å². The third kappa shape index (κ3) is 4.11. The van der Waals surface area contributed by atoms with Gasteiger partial charge < -0.3 is 19.5 Å². The van der Waals surface area contributed by atoms with Crippen molar-refractivity contribution < 1.29 is 23.4 Å². The second kappa shape index (κ2) is 8.88. The molecule has 1 amide bonds. The third-order valence-electron chi connectivity index (χ3n) is 5.00. The van der Waals surface area contributed by atoms with Crippen LogP contribution in [0.5, 0.6) is 17.2 Å². The highest BCUT2D eigenvalue weighted by Gasteiger charge is 2.19. The Bertz CT molecular complexity index is 1260. The first-order valence-electron chi connectivity index (χ1n) is 9.76. The summed E-state index contributed by atoms with van der Waals surface area (Å²) in [5.41, 5.74) is 2.27. The lowest BCUT2D eigenvalue weighted by molar-refractivity contribution is 0.103. The molecule has 0 fully saturated rings. The van der Waals surface area contributed by atoms with E-state index in [2.05, 4.69) is 10.4 Å². The summed E-state index contributed by atoms with van der Waals surface area (Å²) < 4.78 is 31.1. The first kappa shape index (κ1) is 21.6. The molecule has 0 radical (unpaired) electrons. The molecule has 0 aliphatic carbocycles. The van der Waals surface area contributed by atoms with E-state index < -0.39 is 0 Å². The monoisotopic (exact) mass is 455 g/mol. The van der Waals surface area contributed by atoms with E-state index in [1.54, 1.807) is 24.3 Å². The van der Waals surface area contributed by atoms with Crippen LogP contribution in [0.3, 0.4) is 0 Å². The fraction of sp³-hybridized carbons (Fsp3) is 0.217. The van der Waals surface area contributed by atoms with Crippen LogP contribution in [-0.4, -0.2) is 37.0 Å². The highest BCUT2D eigenvalue weighted by Crippen LogP contribution is 2.40. The van der Waals surface area contributed by atoms with E-state index >= 15 is 0 Å². The average Bonchev–Trinajstić information content (AvgIpc) is 3.36. The molecule has 2 aromatic heterocycles. The molecule has 4 rings (SSSR count). The molecule has 1 N–H and O–H groups in total. The lowest BCUT2D eigenvalue weighted by Gasteiger charge is -2.14. The minimum atomic E-state index is -0.280. The average molecular weight is 456 g/mol. The highest BCUT2D eigenvalue weighted by atomic mass is 32.1. The van der Waals surface area contributed by atoms with Gasteiger partial charge in [0, 0.05) is 23.2 Å². The Kier molecular flexibility index (Phi) is 6.00. The molecular weight excluding hydrogens is 433 g/mol. The predicted molar refractivity (Wildman–Crippen MR) is 122 cm³/mol. The second-order valence-electron chi connectivity index (χ2n) is 7.07. The summed E-state index contributed by atoms with van der Waals surface area (Å²) in [6.07, 6.45) is 0. The number of nitrogens with zero attached hydrogens (tertiary/aromatic N) is 2. The van der Waals surface area contributed by atoms with Crippen LogP contribution in [0.1, 0.15) is 20.9 Å². The minimum absolute atomic E-state index is 0.256. The van der Waals surface area contributed by atoms with Gasteiger partial charge in [0.25, 0.3) is 5.91 Å². The number of ether oxygens (including phenoxy) is 3. The van der Waals surface area contributed by atoms with Crippen molar-refractivity contribution in [3.8, 4) is 17.2 Å². The van der Waals surface area contributed by atoms with Gasteiger partial charge in [0.15, 0.2) is 11.5 Å². The topological polar surface area (TPSA) is 74.6 Å². The molecule has 4 aromatic rings. The second-order valence-corrected chi connectivity index (χ2v) is 8.10. The van der Waals surface area contributed by atoms with Crippen LogP contribution in [0.4, 0.5) is 10.1 Å². The number of amides is 1. The van der Waals surface area contributed by atoms with Crippen LogP contribution in [0.15, 0.2) is 42.5 Å². The largest absolute Gasteiger partial charge is 0.493 e. The summed E-state index contributed by atoms with van der Waals surface area (Å²) in [4.78, 5) is 14.4. The van der Waals surface area contributed by atoms with Gasteiger partial charge in [0.1, 0.15) is 10.6 Å². The summed E-state index contributed by atoms with van der Waals surface area (Å²) in [6, 6.07) is 11.5. The lowest BCUT2D eigenvalue weighted by Crippen LogP contribution is -2.10. The van der Waals surface area contributed by atoms with Crippen LogP contribution in [0.25, 0.3) is 10.2 Å². The fourth-order valence-corrected chi connectivity index (χ4v) is 4.50. The quantitative estimate of drug-likeness (QED) is 0.430. The Labute approximate surface area is 188 Å². The van der Waals surface area contributed by atoms with Gasteiger partial charge in [-0.3, -0.25) is 9.48 Å². The van der Waals surface area contributed by atoms with Gasteiger partial charge in [-0.25, -0.2) is 4.39 Å². The maximum Gasteiger partial charge on any atom is 0.265 e. The molecule has 0 aliphatic heterocycles. The number of anilines is 1. The summed E-state index contributed by atoms with van der Waals surface area (Å²) in [7, 11) is 4.56. The van der Waals surface area contributed by atoms with Crippen LogP contribution in [-0.2, 0) is 6.54 Å². The first-order chi connectivity index (χ1) is 15.4. The molecule has 2 aromatic carbocycles. The molecule has 0 aliphatic rings. The number of benzene rings is 2. The Balaban J connectivity index is 1.61.